The van der Waals surface area contributed by atoms with Gasteiger partial charge in [-0.3, -0.25) is 9.36 Å². The summed E-state index contributed by atoms with van der Waals surface area (Å²) in [5.74, 6) is 0.905. The van der Waals surface area contributed by atoms with Crippen LogP contribution in [0.15, 0.2) is 53.0 Å². The summed E-state index contributed by atoms with van der Waals surface area (Å²) < 4.78 is 25.1. The average molecular weight is 449 g/mol. The van der Waals surface area contributed by atoms with Crippen LogP contribution in [0.3, 0.4) is 0 Å². The van der Waals surface area contributed by atoms with Crippen LogP contribution in [0.25, 0.3) is 10.7 Å². The molecule has 1 fully saturated rings. The van der Waals surface area contributed by atoms with Crippen molar-refractivity contribution in [3.05, 3.63) is 53.4 Å². The molecule has 2 aromatic heterocycles. The molecule has 3 heterocycles. The predicted molar refractivity (Wildman–Crippen MR) is 115 cm³/mol. The lowest BCUT2D eigenvalue weighted by molar-refractivity contribution is -0.119. The summed E-state index contributed by atoms with van der Waals surface area (Å²) >= 11 is 2.90. The van der Waals surface area contributed by atoms with Gasteiger partial charge in [-0.25, -0.2) is 8.42 Å². The van der Waals surface area contributed by atoms with E-state index < -0.39 is 9.84 Å². The molecule has 0 saturated carbocycles. The number of rotatable bonds is 7. The van der Waals surface area contributed by atoms with Crippen molar-refractivity contribution >= 4 is 38.8 Å². The van der Waals surface area contributed by atoms with Crippen molar-refractivity contribution in [2.24, 2.45) is 0 Å². The highest BCUT2D eigenvalue weighted by Crippen LogP contribution is 2.28. The molecule has 0 spiro atoms. The van der Waals surface area contributed by atoms with Crippen LogP contribution < -0.4 is 5.32 Å². The van der Waals surface area contributed by atoms with Crippen LogP contribution in [0.4, 0.5) is 0 Å². The topological polar surface area (TPSA) is 93.9 Å². The van der Waals surface area contributed by atoms with Crippen LogP contribution >= 0.6 is 23.1 Å². The highest BCUT2D eigenvalue weighted by Gasteiger charge is 2.29. The van der Waals surface area contributed by atoms with E-state index in [-0.39, 0.29) is 29.2 Å². The minimum atomic E-state index is -3.02. The Bertz CT molecular complexity index is 1080. The molecule has 1 atom stereocenters. The van der Waals surface area contributed by atoms with Crippen molar-refractivity contribution in [3.8, 4) is 10.7 Å². The molecule has 1 aromatic carbocycles. The molecule has 1 N–H and O–H groups in total. The third kappa shape index (κ3) is 5.06. The van der Waals surface area contributed by atoms with E-state index in [4.69, 9.17) is 0 Å². The first-order chi connectivity index (χ1) is 14.0. The lowest BCUT2D eigenvalue weighted by atomic mass is 10.2. The second kappa shape index (κ2) is 8.68. The smallest absolute Gasteiger partial charge is 0.230 e. The first-order valence-electron chi connectivity index (χ1n) is 9.14. The molecule has 4 rings (SSSR count). The van der Waals surface area contributed by atoms with Crippen LogP contribution in [0.2, 0.25) is 0 Å². The number of nitrogens with one attached hydrogen (secondary N) is 1. The number of nitrogens with zero attached hydrogens (tertiary/aromatic N) is 3. The van der Waals surface area contributed by atoms with Gasteiger partial charge in [-0.05, 0) is 23.4 Å². The number of thioether (sulfide) groups is 1. The fourth-order valence-electron chi connectivity index (χ4n) is 3.20. The van der Waals surface area contributed by atoms with Crippen molar-refractivity contribution in [1.82, 2.24) is 20.1 Å². The lowest BCUT2D eigenvalue weighted by Crippen LogP contribution is -2.36. The van der Waals surface area contributed by atoms with E-state index in [1.54, 1.807) is 11.3 Å². The standard InChI is InChI=1S/C19H20N4O3S3/c24-17(20-15-8-10-29(25,26)13-15)12-28-19-22-21-18(16-7-4-9-27-16)23(19)11-14-5-2-1-3-6-14/h1-7,9,15H,8,10-13H2,(H,20,24)/t15-/m1/s1. The first-order valence-corrected chi connectivity index (χ1v) is 12.8. The lowest BCUT2D eigenvalue weighted by Gasteiger charge is -2.12. The van der Waals surface area contributed by atoms with Gasteiger partial charge >= 0.3 is 0 Å². The quantitative estimate of drug-likeness (QED) is 0.558. The van der Waals surface area contributed by atoms with E-state index in [9.17, 15) is 13.2 Å². The van der Waals surface area contributed by atoms with Gasteiger partial charge in [0, 0.05) is 6.04 Å². The van der Waals surface area contributed by atoms with Gasteiger partial charge in [0.1, 0.15) is 0 Å². The Labute approximate surface area is 177 Å². The SMILES string of the molecule is O=C(CSc1nnc(-c2cccs2)n1Cc1ccccc1)N[C@@H]1CCS(=O)(=O)C1. The molecule has 1 saturated heterocycles. The monoisotopic (exact) mass is 448 g/mol. The third-order valence-electron chi connectivity index (χ3n) is 4.57. The Balaban J connectivity index is 1.47. The zero-order valence-electron chi connectivity index (χ0n) is 15.5. The fraction of sp³-hybridized carbons (Fsp3) is 0.316. The number of benzene rings is 1. The average Bonchev–Trinajstić information content (AvgIpc) is 3.42. The molecule has 7 nitrogen and oxygen atoms in total. The summed E-state index contributed by atoms with van der Waals surface area (Å²) in [6, 6.07) is 13.7. The number of carbonyl (C=O) groups is 1. The molecular weight excluding hydrogens is 428 g/mol. The van der Waals surface area contributed by atoms with Crippen LogP contribution in [0.5, 0.6) is 0 Å². The van der Waals surface area contributed by atoms with Crippen LogP contribution in [0.1, 0.15) is 12.0 Å². The van der Waals surface area contributed by atoms with Gasteiger partial charge in [0.05, 0.1) is 28.7 Å². The largest absolute Gasteiger partial charge is 0.352 e. The van der Waals surface area contributed by atoms with Crippen LogP contribution in [0, 0.1) is 0 Å². The van der Waals surface area contributed by atoms with Crippen LogP contribution in [-0.4, -0.2) is 52.4 Å². The Kier molecular flexibility index (Phi) is 6.02. The zero-order valence-corrected chi connectivity index (χ0v) is 18.0. The van der Waals surface area contributed by atoms with E-state index in [1.807, 2.05) is 52.4 Å². The maximum absolute atomic E-state index is 12.3. The molecule has 0 unspecified atom stereocenters. The molecule has 1 aliphatic rings. The number of amides is 1. The van der Waals surface area contributed by atoms with Gasteiger partial charge in [0.2, 0.25) is 5.91 Å². The zero-order chi connectivity index (χ0) is 20.3. The van der Waals surface area contributed by atoms with Crippen molar-refractivity contribution < 1.29 is 13.2 Å². The van der Waals surface area contributed by atoms with Gasteiger partial charge in [-0.2, -0.15) is 0 Å². The molecular formula is C19H20N4O3S3. The molecule has 0 aliphatic carbocycles. The van der Waals surface area contributed by atoms with Gasteiger partial charge in [0.15, 0.2) is 20.8 Å². The number of aromatic nitrogens is 3. The van der Waals surface area contributed by atoms with Gasteiger partial charge in [-0.15, -0.1) is 21.5 Å². The molecule has 29 heavy (non-hydrogen) atoms. The van der Waals surface area contributed by atoms with E-state index in [1.165, 1.54) is 11.8 Å². The Morgan fingerprint density at radius 2 is 2.03 bits per heavy atom. The minimum absolute atomic E-state index is 0.0239. The molecule has 0 bridgehead atoms. The number of hydrogen-bond donors (Lipinski definition) is 1. The summed E-state index contributed by atoms with van der Waals surface area (Å²) in [7, 11) is -3.02. The molecule has 0 radical (unpaired) electrons. The fourth-order valence-corrected chi connectivity index (χ4v) is 6.34. The number of hydrogen-bond acceptors (Lipinski definition) is 7. The number of sulfone groups is 1. The normalized spacial score (nSPS) is 18.0. The van der Waals surface area contributed by atoms with Gasteiger partial charge in [-0.1, -0.05) is 48.2 Å². The second-order valence-electron chi connectivity index (χ2n) is 6.81. The summed E-state index contributed by atoms with van der Waals surface area (Å²) in [5, 5.41) is 14.1. The molecule has 152 valence electrons. The van der Waals surface area contributed by atoms with E-state index in [2.05, 4.69) is 15.5 Å². The van der Waals surface area contributed by atoms with Crippen LogP contribution in [-0.2, 0) is 21.2 Å². The Hall–Kier alpha value is -2.17. The summed E-state index contributed by atoms with van der Waals surface area (Å²) in [6.07, 6.45) is 0.478. The molecule has 1 amide bonds. The summed E-state index contributed by atoms with van der Waals surface area (Å²) in [4.78, 5) is 13.3. The van der Waals surface area contributed by atoms with Crippen molar-refractivity contribution in [2.75, 3.05) is 17.3 Å². The van der Waals surface area contributed by atoms with Gasteiger partial charge < -0.3 is 5.32 Å². The highest BCUT2D eigenvalue weighted by atomic mass is 32.2. The number of thiophene rings is 1. The molecule has 1 aliphatic heterocycles. The second-order valence-corrected chi connectivity index (χ2v) is 10.9. The van der Waals surface area contributed by atoms with Crippen molar-refractivity contribution in [2.45, 2.75) is 24.2 Å². The summed E-state index contributed by atoms with van der Waals surface area (Å²) in [6.45, 7) is 0.603. The van der Waals surface area contributed by atoms with E-state index in [0.717, 1.165) is 16.3 Å². The maximum Gasteiger partial charge on any atom is 0.230 e. The van der Waals surface area contributed by atoms with Crippen molar-refractivity contribution in [3.63, 3.8) is 0 Å². The predicted octanol–water partition coefficient (Wildman–Crippen LogP) is 2.45. The highest BCUT2D eigenvalue weighted by molar-refractivity contribution is 7.99. The van der Waals surface area contributed by atoms with E-state index in [0.29, 0.717) is 18.1 Å². The third-order valence-corrected chi connectivity index (χ3v) is 8.17. The molecule has 10 heteroatoms. The summed E-state index contributed by atoms with van der Waals surface area (Å²) in [5.41, 5.74) is 1.12. The minimum Gasteiger partial charge on any atom is -0.352 e. The van der Waals surface area contributed by atoms with E-state index >= 15 is 0 Å². The Morgan fingerprint density at radius 3 is 2.72 bits per heavy atom. The first kappa shape index (κ1) is 20.1. The van der Waals surface area contributed by atoms with Gasteiger partial charge in [0.25, 0.3) is 0 Å². The number of carbonyl (C=O) groups excluding carboxylic acids is 1. The molecule has 3 aromatic rings. The Morgan fingerprint density at radius 1 is 1.21 bits per heavy atom. The maximum atomic E-state index is 12.3. The van der Waals surface area contributed by atoms with Crippen molar-refractivity contribution in [1.29, 1.82) is 0 Å².